The van der Waals surface area contributed by atoms with Gasteiger partial charge in [-0.25, -0.2) is 4.98 Å². The molecular formula is C20H33N3O3. The molecule has 146 valence electrons. The Morgan fingerprint density at radius 1 is 1.35 bits per heavy atom. The third-order valence-corrected chi connectivity index (χ3v) is 5.22. The van der Waals surface area contributed by atoms with Gasteiger partial charge < -0.3 is 20.5 Å². The third-order valence-electron chi connectivity index (χ3n) is 5.22. The number of carboxylic acids is 1. The number of rotatable bonds is 8. The minimum atomic E-state index is -0.809. The van der Waals surface area contributed by atoms with Crippen molar-refractivity contribution < 1.29 is 14.6 Å². The summed E-state index contributed by atoms with van der Waals surface area (Å²) in [5.74, 6) is 0.413. The average Bonchev–Trinajstić information content (AvgIpc) is 2.59. The van der Waals surface area contributed by atoms with Gasteiger partial charge in [0.25, 0.3) is 0 Å². The van der Waals surface area contributed by atoms with Crippen LogP contribution in [-0.4, -0.2) is 41.9 Å². The molecule has 1 aromatic rings. The maximum Gasteiger partial charge on any atom is 0.303 e. The molecule has 0 unspecified atom stereocenters. The van der Waals surface area contributed by atoms with Gasteiger partial charge in [0.05, 0.1) is 18.2 Å². The van der Waals surface area contributed by atoms with E-state index in [1.807, 2.05) is 13.0 Å². The van der Waals surface area contributed by atoms with Crippen LogP contribution in [-0.2, 0) is 9.53 Å². The molecule has 1 aliphatic rings. The molecule has 6 nitrogen and oxygen atoms in total. The lowest BCUT2D eigenvalue weighted by Crippen LogP contribution is -2.42. The number of aliphatic carboxylic acids is 1. The average molecular weight is 364 g/mol. The van der Waals surface area contributed by atoms with Crippen molar-refractivity contribution in [3.05, 3.63) is 17.8 Å². The van der Waals surface area contributed by atoms with E-state index in [1.54, 1.807) is 13.3 Å². The largest absolute Gasteiger partial charge is 0.481 e. The number of carboxylic acid groups (broad SMARTS) is 1. The van der Waals surface area contributed by atoms with Gasteiger partial charge in [0.15, 0.2) is 5.82 Å². The number of anilines is 2. The smallest absolute Gasteiger partial charge is 0.303 e. The molecule has 1 aromatic heterocycles. The molecule has 1 heterocycles. The Hall–Kier alpha value is -1.82. The van der Waals surface area contributed by atoms with E-state index in [0.29, 0.717) is 23.8 Å². The number of methoxy groups -OCH3 is 1. The fourth-order valence-electron chi connectivity index (χ4n) is 3.78. The minimum absolute atomic E-state index is 0.0806. The summed E-state index contributed by atoms with van der Waals surface area (Å²) in [6.45, 7) is 7.20. The highest BCUT2D eigenvalue weighted by Gasteiger charge is 2.28. The molecule has 0 aromatic carbocycles. The summed E-state index contributed by atoms with van der Waals surface area (Å²) in [7, 11) is 1.79. The fraction of sp³-hybridized carbons (Fsp3) is 0.700. The number of hydrogen-bond acceptors (Lipinski definition) is 5. The Morgan fingerprint density at radius 2 is 2.00 bits per heavy atom. The normalized spacial score (nSPS) is 21.6. The summed E-state index contributed by atoms with van der Waals surface area (Å²) in [5, 5.41) is 9.00. The lowest BCUT2D eigenvalue weighted by molar-refractivity contribution is -0.137. The summed E-state index contributed by atoms with van der Waals surface area (Å²) >= 11 is 0. The van der Waals surface area contributed by atoms with Crippen molar-refractivity contribution in [1.29, 1.82) is 0 Å². The zero-order valence-electron chi connectivity index (χ0n) is 16.4. The zero-order valence-corrected chi connectivity index (χ0v) is 16.4. The predicted molar refractivity (Wildman–Crippen MR) is 105 cm³/mol. The number of aromatic nitrogens is 1. The Balaban J connectivity index is 2.21. The van der Waals surface area contributed by atoms with E-state index in [1.165, 1.54) is 0 Å². The Bertz CT molecular complexity index is 598. The van der Waals surface area contributed by atoms with Crippen LogP contribution in [0.1, 0.15) is 64.4 Å². The Morgan fingerprint density at radius 3 is 2.50 bits per heavy atom. The highest BCUT2D eigenvalue weighted by Crippen LogP contribution is 2.33. The van der Waals surface area contributed by atoms with Crippen LogP contribution in [0.5, 0.6) is 0 Å². The van der Waals surface area contributed by atoms with Crippen molar-refractivity contribution in [2.45, 2.75) is 70.9 Å². The summed E-state index contributed by atoms with van der Waals surface area (Å²) in [5.41, 5.74) is 7.86. The molecule has 0 spiro atoms. The van der Waals surface area contributed by atoms with Gasteiger partial charge in [-0.05, 0) is 49.1 Å². The van der Waals surface area contributed by atoms with Crippen LogP contribution in [0.25, 0.3) is 0 Å². The first-order valence-corrected chi connectivity index (χ1v) is 9.58. The molecule has 3 N–H and O–H groups in total. The van der Waals surface area contributed by atoms with Crippen LogP contribution in [0.15, 0.2) is 12.3 Å². The topological polar surface area (TPSA) is 88.7 Å². The molecule has 1 atom stereocenters. The summed E-state index contributed by atoms with van der Waals surface area (Å²) in [4.78, 5) is 17.9. The molecule has 1 saturated carbocycles. The van der Waals surface area contributed by atoms with Crippen LogP contribution >= 0.6 is 0 Å². The Labute approximate surface area is 156 Å². The number of ether oxygens (including phenoxy) is 1. The van der Waals surface area contributed by atoms with Crippen LogP contribution in [0.2, 0.25) is 0 Å². The SMILES string of the molecule is COC1CCC(N(CC(C)C)c2ncc([C@H](C)CC(=O)O)cc2N)CC1. The molecule has 0 radical (unpaired) electrons. The van der Waals surface area contributed by atoms with Gasteiger partial charge in [-0.3, -0.25) is 4.79 Å². The van der Waals surface area contributed by atoms with Gasteiger partial charge in [-0.2, -0.15) is 0 Å². The van der Waals surface area contributed by atoms with E-state index in [4.69, 9.17) is 15.6 Å². The molecule has 1 fully saturated rings. The predicted octanol–water partition coefficient (Wildman–Crippen LogP) is 3.66. The number of nitrogen functional groups attached to an aromatic ring is 1. The molecule has 1 aliphatic carbocycles. The lowest BCUT2D eigenvalue weighted by atomic mass is 9.91. The van der Waals surface area contributed by atoms with Crippen molar-refractivity contribution in [3.63, 3.8) is 0 Å². The van der Waals surface area contributed by atoms with E-state index >= 15 is 0 Å². The van der Waals surface area contributed by atoms with Crippen LogP contribution in [0.4, 0.5) is 11.5 Å². The number of pyridine rings is 1. The molecule has 0 saturated heterocycles. The van der Waals surface area contributed by atoms with Crippen molar-refractivity contribution in [1.82, 2.24) is 4.98 Å². The van der Waals surface area contributed by atoms with Crippen LogP contribution < -0.4 is 10.6 Å². The quantitative estimate of drug-likeness (QED) is 0.733. The monoisotopic (exact) mass is 363 g/mol. The van der Waals surface area contributed by atoms with Crippen LogP contribution in [0.3, 0.4) is 0 Å². The molecule has 2 rings (SSSR count). The zero-order chi connectivity index (χ0) is 19.3. The van der Waals surface area contributed by atoms with Crippen molar-refractivity contribution >= 4 is 17.5 Å². The van der Waals surface area contributed by atoms with Crippen molar-refractivity contribution in [2.24, 2.45) is 5.92 Å². The molecule has 6 heteroatoms. The second-order valence-electron chi connectivity index (χ2n) is 7.89. The summed E-state index contributed by atoms with van der Waals surface area (Å²) < 4.78 is 5.50. The molecule has 0 amide bonds. The summed E-state index contributed by atoms with van der Waals surface area (Å²) in [6, 6.07) is 2.31. The first kappa shape index (κ1) is 20.5. The number of hydrogen-bond donors (Lipinski definition) is 2. The number of nitrogens with zero attached hydrogens (tertiary/aromatic N) is 2. The molecular weight excluding hydrogens is 330 g/mol. The van der Waals surface area contributed by atoms with Gasteiger partial charge >= 0.3 is 5.97 Å². The van der Waals surface area contributed by atoms with E-state index in [9.17, 15) is 4.79 Å². The Kier molecular flexibility index (Phi) is 7.26. The van der Waals surface area contributed by atoms with Gasteiger partial charge in [0, 0.05) is 25.9 Å². The molecule has 0 bridgehead atoms. The molecule has 26 heavy (non-hydrogen) atoms. The van der Waals surface area contributed by atoms with E-state index in [0.717, 1.165) is 43.6 Å². The summed E-state index contributed by atoms with van der Waals surface area (Å²) in [6.07, 6.45) is 6.49. The van der Waals surface area contributed by atoms with Gasteiger partial charge in [-0.1, -0.05) is 20.8 Å². The van der Waals surface area contributed by atoms with Crippen molar-refractivity contribution in [3.8, 4) is 0 Å². The third kappa shape index (κ3) is 5.34. The van der Waals surface area contributed by atoms with Gasteiger partial charge in [-0.15, -0.1) is 0 Å². The fourth-order valence-corrected chi connectivity index (χ4v) is 3.78. The minimum Gasteiger partial charge on any atom is -0.481 e. The maximum atomic E-state index is 11.0. The highest BCUT2D eigenvalue weighted by molar-refractivity contribution is 5.69. The highest BCUT2D eigenvalue weighted by atomic mass is 16.5. The standard InChI is InChI=1S/C20H33N3O3/c1-13(2)12-23(16-5-7-17(26-4)8-6-16)20-18(21)10-15(11-22-20)14(3)9-19(24)25/h10-11,13-14,16-17H,5-9,12,21H2,1-4H3,(H,24,25)/t14-,16?,17?/m1/s1. The first-order chi connectivity index (χ1) is 12.3. The molecule has 0 aliphatic heterocycles. The van der Waals surface area contributed by atoms with E-state index in [2.05, 4.69) is 23.7 Å². The maximum absolute atomic E-state index is 11.0. The lowest BCUT2D eigenvalue weighted by Gasteiger charge is -2.39. The first-order valence-electron chi connectivity index (χ1n) is 9.58. The van der Waals surface area contributed by atoms with E-state index < -0.39 is 5.97 Å². The van der Waals surface area contributed by atoms with Gasteiger partial charge in [0.2, 0.25) is 0 Å². The number of nitrogens with two attached hydrogens (primary N) is 1. The van der Waals surface area contributed by atoms with Gasteiger partial charge in [0.1, 0.15) is 0 Å². The van der Waals surface area contributed by atoms with Crippen molar-refractivity contribution in [2.75, 3.05) is 24.3 Å². The number of carbonyl (C=O) groups is 1. The second-order valence-corrected chi connectivity index (χ2v) is 7.89. The second kappa shape index (κ2) is 9.21. The van der Waals surface area contributed by atoms with Crippen LogP contribution in [0, 0.1) is 5.92 Å². The van der Waals surface area contributed by atoms with E-state index in [-0.39, 0.29) is 12.3 Å².